The largest absolute Gasteiger partial charge is 0.381 e. The number of rotatable bonds is 3. The molecule has 1 amide bonds. The first-order chi connectivity index (χ1) is 11.2. The second-order valence-corrected chi connectivity index (χ2v) is 7.00. The van der Waals surface area contributed by atoms with Crippen LogP contribution in [0.15, 0.2) is 18.2 Å². The van der Waals surface area contributed by atoms with Gasteiger partial charge in [0.05, 0.1) is 12.2 Å². The number of fused-ring (bicyclic) bond motifs is 1. The molecule has 5 nitrogen and oxygen atoms in total. The van der Waals surface area contributed by atoms with Gasteiger partial charge in [0, 0.05) is 50.0 Å². The molecule has 3 aliphatic rings. The number of likely N-dealkylation sites (tertiary alicyclic amines) is 2. The lowest BCUT2D eigenvalue weighted by atomic mass is 10.0. The SMILES string of the molecule is Cc1cccc(CN2C(=O)C[C@H]3[C@H]2CCN3C2CCOCC2)n1. The van der Waals surface area contributed by atoms with Crippen molar-refractivity contribution in [3.63, 3.8) is 0 Å². The number of pyridine rings is 1. The number of hydrogen-bond donors (Lipinski definition) is 0. The van der Waals surface area contributed by atoms with Gasteiger partial charge in [-0.1, -0.05) is 6.07 Å². The summed E-state index contributed by atoms with van der Waals surface area (Å²) >= 11 is 0. The molecule has 5 heteroatoms. The van der Waals surface area contributed by atoms with Crippen molar-refractivity contribution in [1.82, 2.24) is 14.8 Å². The average molecular weight is 315 g/mol. The summed E-state index contributed by atoms with van der Waals surface area (Å²) < 4.78 is 5.49. The van der Waals surface area contributed by atoms with Gasteiger partial charge in [-0.25, -0.2) is 0 Å². The predicted molar refractivity (Wildman–Crippen MR) is 86.9 cm³/mol. The monoisotopic (exact) mass is 315 g/mol. The van der Waals surface area contributed by atoms with Crippen LogP contribution in [0.2, 0.25) is 0 Å². The topological polar surface area (TPSA) is 45.7 Å². The van der Waals surface area contributed by atoms with Crippen LogP contribution in [0, 0.1) is 6.92 Å². The summed E-state index contributed by atoms with van der Waals surface area (Å²) in [6, 6.07) is 7.42. The van der Waals surface area contributed by atoms with Gasteiger partial charge in [0.25, 0.3) is 0 Å². The minimum Gasteiger partial charge on any atom is -0.381 e. The summed E-state index contributed by atoms with van der Waals surface area (Å²) in [5.41, 5.74) is 2.02. The van der Waals surface area contributed by atoms with Crippen LogP contribution in [0.1, 0.15) is 37.1 Å². The standard InChI is InChI=1S/C18H25N3O2/c1-13-3-2-4-14(19-13)12-21-16-5-8-20(17(16)11-18(21)22)15-6-9-23-10-7-15/h2-4,15-17H,5-12H2,1H3/t16-,17+/m1/s1. The molecule has 2 atom stereocenters. The maximum Gasteiger partial charge on any atom is 0.224 e. The summed E-state index contributed by atoms with van der Waals surface area (Å²) in [6.45, 7) is 5.50. The molecule has 3 saturated heterocycles. The van der Waals surface area contributed by atoms with E-state index in [0.29, 0.717) is 37.0 Å². The van der Waals surface area contributed by atoms with E-state index in [1.165, 1.54) is 0 Å². The van der Waals surface area contributed by atoms with Crippen molar-refractivity contribution in [2.45, 2.75) is 57.3 Å². The number of carbonyl (C=O) groups excluding carboxylic acids is 1. The number of aryl methyl sites for hydroxylation is 1. The van der Waals surface area contributed by atoms with Crippen LogP contribution < -0.4 is 0 Å². The number of hydrogen-bond acceptors (Lipinski definition) is 4. The van der Waals surface area contributed by atoms with Crippen LogP contribution in [0.3, 0.4) is 0 Å². The molecule has 124 valence electrons. The third-order valence-electron chi connectivity index (χ3n) is 5.60. The molecule has 0 aromatic carbocycles. The fourth-order valence-corrected chi connectivity index (χ4v) is 4.50. The van der Waals surface area contributed by atoms with Gasteiger partial charge in [-0.05, 0) is 38.3 Å². The summed E-state index contributed by atoms with van der Waals surface area (Å²) in [5, 5.41) is 0. The second-order valence-electron chi connectivity index (χ2n) is 7.00. The van der Waals surface area contributed by atoms with Crippen molar-refractivity contribution in [3.05, 3.63) is 29.6 Å². The van der Waals surface area contributed by atoms with E-state index >= 15 is 0 Å². The molecule has 0 N–H and O–H groups in total. The third kappa shape index (κ3) is 2.88. The Bertz CT molecular complexity index is 585. The van der Waals surface area contributed by atoms with Crippen molar-refractivity contribution in [2.24, 2.45) is 0 Å². The Morgan fingerprint density at radius 1 is 1.22 bits per heavy atom. The van der Waals surface area contributed by atoms with Gasteiger partial charge in [0.2, 0.25) is 5.91 Å². The van der Waals surface area contributed by atoms with Crippen LogP contribution in [0.5, 0.6) is 0 Å². The van der Waals surface area contributed by atoms with E-state index in [0.717, 1.165) is 50.4 Å². The van der Waals surface area contributed by atoms with E-state index in [4.69, 9.17) is 4.74 Å². The van der Waals surface area contributed by atoms with Gasteiger partial charge in [0.1, 0.15) is 0 Å². The molecule has 3 fully saturated rings. The van der Waals surface area contributed by atoms with Crippen molar-refractivity contribution < 1.29 is 9.53 Å². The van der Waals surface area contributed by atoms with Gasteiger partial charge in [-0.2, -0.15) is 0 Å². The minimum absolute atomic E-state index is 0.292. The van der Waals surface area contributed by atoms with Gasteiger partial charge in [0.15, 0.2) is 0 Å². The first-order valence-corrected chi connectivity index (χ1v) is 8.78. The Labute approximate surface area is 137 Å². The maximum absolute atomic E-state index is 12.6. The van der Waals surface area contributed by atoms with Crippen LogP contribution in [0.4, 0.5) is 0 Å². The van der Waals surface area contributed by atoms with Gasteiger partial charge >= 0.3 is 0 Å². The lowest BCUT2D eigenvalue weighted by molar-refractivity contribution is -0.129. The molecule has 0 bridgehead atoms. The molecular formula is C18H25N3O2. The zero-order valence-corrected chi connectivity index (χ0v) is 13.8. The molecular weight excluding hydrogens is 290 g/mol. The highest BCUT2D eigenvalue weighted by atomic mass is 16.5. The Balaban J connectivity index is 1.47. The van der Waals surface area contributed by atoms with Gasteiger partial charge < -0.3 is 9.64 Å². The Kier molecular flexibility index (Phi) is 4.07. The highest BCUT2D eigenvalue weighted by Crippen LogP contribution is 2.36. The van der Waals surface area contributed by atoms with Crippen LogP contribution >= 0.6 is 0 Å². The van der Waals surface area contributed by atoms with Crippen molar-refractivity contribution in [1.29, 1.82) is 0 Å². The Hall–Kier alpha value is -1.46. The zero-order valence-electron chi connectivity index (χ0n) is 13.8. The minimum atomic E-state index is 0.292. The van der Waals surface area contributed by atoms with E-state index in [-0.39, 0.29) is 0 Å². The van der Waals surface area contributed by atoms with Crippen LogP contribution in [-0.2, 0) is 16.1 Å². The molecule has 1 aromatic rings. The van der Waals surface area contributed by atoms with Gasteiger partial charge in [-0.15, -0.1) is 0 Å². The summed E-state index contributed by atoms with van der Waals surface area (Å²) in [5.74, 6) is 0.292. The zero-order chi connectivity index (χ0) is 15.8. The number of amides is 1. The molecule has 0 aliphatic carbocycles. The van der Waals surface area contributed by atoms with E-state index in [1.54, 1.807) is 0 Å². The summed E-state index contributed by atoms with van der Waals surface area (Å²) in [6.07, 6.45) is 3.99. The lowest BCUT2D eigenvalue weighted by Gasteiger charge is -2.34. The first kappa shape index (κ1) is 15.1. The molecule has 0 spiro atoms. The van der Waals surface area contributed by atoms with Gasteiger partial charge in [-0.3, -0.25) is 14.7 Å². The highest BCUT2D eigenvalue weighted by Gasteiger charge is 2.48. The molecule has 4 rings (SSSR count). The number of nitrogens with zero attached hydrogens (tertiary/aromatic N) is 3. The number of carbonyl (C=O) groups is 1. The molecule has 4 heterocycles. The Morgan fingerprint density at radius 2 is 2.04 bits per heavy atom. The highest BCUT2D eigenvalue weighted by molar-refractivity contribution is 5.80. The van der Waals surface area contributed by atoms with E-state index < -0.39 is 0 Å². The summed E-state index contributed by atoms with van der Waals surface area (Å²) in [4.78, 5) is 21.8. The van der Waals surface area contributed by atoms with E-state index in [2.05, 4.69) is 14.8 Å². The van der Waals surface area contributed by atoms with Crippen molar-refractivity contribution in [3.8, 4) is 0 Å². The second kappa shape index (κ2) is 6.21. The smallest absolute Gasteiger partial charge is 0.224 e. The lowest BCUT2D eigenvalue weighted by Crippen LogP contribution is -2.44. The van der Waals surface area contributed by atoms with Crippen LogP contribution in [0.25, 0.3) is 0 Å². The maximum atomic E-state index is 12.6. The fraction of sp³-hybridized carbons (Fsp3) is 0.667. The molecule has 3 aliphatic heterocycles. The molecule has 0 unspecified atom stereocenters. The van der Waals surface area contributed by atoms with Crippen molar-refractivity contribution >= 4 is 5.91 Å². The predicted octanol–water partition coefficient (Wildman–Crippen LogP) is 1.74. The molecule has 23 heavy (non-hydrogen) atoms. The van der Waals surface area contributed by atoms with E-state index in [1.807, 2.05) is 25.1 Å². The first-order valence-electron chi connectivity index (χ1n) is 8.78. The Morgan fingerprint density at radius 3 is 2.83 bits per heavy atom. The fourth-order valence-electron chi connectivity index (χ4n) is 4.50. The number of ether oxygens (including phenoxy) is 1. The average Bonchev–Trinajstić information content (AvgIpc) is 3.09. The molecule has 0 saturated carbocycles. The third-order valence-corrected chi connectivity index (χ3v) is 5.60. The van der Waals surface area contributed by atoms with Crippen LogP contribution in [-0.4, -0.2) is 58.6 Å². The van der Waals surface area contributed by atoms with E-state index in [9.17, 15) is 4.79 Å². The molecule has 1 aromatic heterocycles. The quantitative estimate of drug-likeness (QED) is 0.852. The summed E-state index contributed by atoms with van der Waals surface area (Å²) in [7, 11) is 0. The molecule has 0 radical (unpaired) electrons. The normalized spacial score (nSPS) is 29.3. The number of aromatic nitrogens is 1. The van der Waals surface area contributed by atoms with Crippen molar-refractivity contribution in [2.75, 3.05) is 19.8 Å².